The highest BCUT2D eigenvalue weighted by Crippen LogP contribution is 2.28. The lowest BCUT2D eigenvalue weighted by Gasteiger charge is -2.21. The zero-order chi connectivity index (χ0) is 20.5. The first-order valence-electron chi connectivity index (χ1n) is 9.18. The molecule has 2 rings (SSSR count). The largest absolute Gasteiger partial charge is 0.493 e. The summed E-state index contributed by atoms with van der Waals surface area (Å²) < 4.78 is 15.6. The van der Waals surface area contributed by atoms with Crippen molar-refractivity contribution >= 4 is 11.9 Å². The highest BCUT2D eigenvalue weighted by molar-refractivity contribution is 5.90. The standard InChI is InChI=1S/C22H27NO5/c1-15(2)12-18(16-8-6-5-7-9-16)23-21(24)14-28-19-11-10-17(22(25)27-4)13-20(19)26-3/h5-11,13,15,18H,12,14H2,1-4H3,(H,23,24)/t18-/m0/s1. The minimum atomic E-state index is -0.470. The van der Waals surface area contributed by atoms with Crippen LogP contribution in [0.25, 0.3) is 0 Å². The van der Waals surface area contributed by atoms with E-state index in [9.17, 15) is 9.59 Å². The van der Waals surface area contributed by atoms with Gasteiger partial charge in [-0.1, -0.05) is 44.2 Å². The van der Waals surface area contributed by atoms with Crippen molar-refractivity contribution in [3.8, 4) is 11.5 Å². The van der Waals surface area contributed by atoms with Crippen molar-refractivity contribution in [2.45, 2.75) is 26.3 Å². The average Bonchev–Trinajstić information content (AvgIpc) is 2.71. The molecule has 0 spiro atoms. The summed E-state index contributed by atoms with van der Waals surface area (Å²) >= 11 is 0. The molecule has 2 aromatic carbocycles. The Balaban J connectivity index is 2.03. The van der Waals surface area contributed by atoms with E-state index >= 15 is 0 Å². The highest BCUT2D eigenvalue weighted by atomic mass is 16.5. The van der Waals surface area contributed by atoms with Gasteiger partial charge in [-0.05, 0) is 36.1 Å². The molecule has 0 bridgehead atoms. The normalized spacial score (nSPS) is 11.6. The van der Waals surface area contributed by atoms with Crippen LogP contribution in [0.15, 0.2) is 48.5 Å². The highest BCUT2D eigenvalue weighted by Gasteiger charge is 2.17. The van der Waals surface area contributed by atoms with Crippen LogP contribution < -0.4 is 14.8 Å². The molecule has 150 valence electrons. The van der Waals surface area contributed by atoms with E-state index in [0.717, 1.165) is 12.0 Å². The van der Waals surface area contributed by atoms with Crippen molar-refractivity contribution in [1.82, 2.24) is 5.32 Å². The van der Waals surface area contributed by atoms with Gasteiger partial charge in [-0.3, -0.25) is 4.79 Å². The summed E-state index contributed by atoms with van der Waals surface area (Å²) in [6.45, 7) is 4.08. The Morgan fingerprint density at radius 3 is 2.32 bits per heavy atom. The number of ether oxygens (including phenoxy) is 3. The summed E-state index contributed by atoms with van der Waals surface area (Å²) in [5.41, 5.74) is 1.40. The lowest BCUT2D eigenvalue weighted by molar-refractivity contribution is -0.124. The summed E-state index contributed by atoms with van der Waals surface area (Å²) in [5, 5.41) is 3.03. The third kappa shape index (κ3) is 6.01. The zero-order valence-corrected chi connectivity index (χ0v) is 16.7. The SMILES string of the molecule is COC(=O)c1ccc(OCC(=O)N[C@@H](CC(C)C)c2ccccc2)c(OC)c1. The number of amides is 1. The van der Waals surface area contributed by atoms with Crippen LogP contribution >= 0.6 is 0 Å². The maximum Gasteiger partial charge on any atom is 0.337 e. The van der Waals surface area contributed by atoms with E-state index in [1.807, 2.05) is 30.3 Å². The molecule has 28 heavy (non-hydrogen) atoms. The van der Waals surface area contributed by atoms with Crippen molar-refractivity contribution in [2.24, 2.45) is 5.92 Å². The van der Waals surface area contributed by atoms with Crippen LogP contribution in [0, 0.1) is 5.92 Å². The first-order valence-corrected chi connectivity index (χ1v) is 9.18. The predicted molar refractivity (Wildman–Crippen MR) is 107 cm³/mol. The lowest BCUT2D eigenvalue weighted by Crippen LogP contribution is -2.33. The van der Waals surface area contributed by atoms with Gasteiger partial charge in [0.2, 0.25) is 0 Å². The topological polar surface area (TPSA) is 73.9 Å². The van der Waals surface area contributed by atoms with Crippen LogP contribution in [0.2, 0.25) is 0 Å². The Hall–Kier alpha value is -3.02. The van der Waals surface area contributed by atoms with Gasteiger partial charge in [-0.25, -0.2) is 4.79 Å². The molecule has 0 aliphatic rings. The average molecular weight is 385 g/mol. The number of esters is 1. The van der Waals surface area contributed by atoms with E-state index < -0.39 is 5.97 Å². The van der Waals surface area contributed by atoms with Gasteiger partial charge in [0, 0.05) is 0 Å². The molecule has 1 atom stereocenters. The molecule has 2 aromatic rings. The minimum Gasteiger partial charge on any atom is -0.493 e. The predicted octanol–water partition coefficient (Wildman–Crippen LogP) is 3.76. The lowest BCUT2D eigenvalue weighted by atomic mass is 9.97. The number of hydrogen-bond acceptors (Lipinski definition) is 5. The zero-order valence-electron chi connectivity index (χ0n) is 16.7. The van der Waals surface area contributed by atoms with Crippen LogP contribution in [0.5, 0.6) is 11.5 Å². The van der Waals surface area contributed by atoms with Crippen molar-refractivity contribution in [3.05, 3.63) is 59.7 Å². The van der Waals surface area contributed by atoms with Crippen molar-refractivity contribution in [1.29, 1.82) is 0 Å². The molecule has 0 saturated carbocycles. The molecule has 0 saturated heterocycles. The fourth-order valence-corrected chi connectivity index (χ4v) is 2.85. The van der Waals surface area contributed by atoms with Crippen LogP contribution in [-0.2, 0) is 9.53 Å². The van der Waals surface area contributed by atoms with Gasteiger partial charge in [0.15, 0.2) is 18.1 Å². The van der Waals surface area contributed by atoms with Crippen LogP contribution in [-0.4, -0.2) is 32.7 Å². The summed E-state index contributed by atoms with van der Waals surface area (Å²) in [6.07, 6.45) is 0.826. The second-order valence-corrected chi connectivity index (χ2v) is 6.81. The monoisotopic (exact) mass is 385 g/mol. The molecular formula is C22H27NO5. The Bertz CT molecular complexity index is 789. The molecule has 6 heteroatoms. The third-order valence-electron chi connectivity index (χ3n) is 4.19. The molecule has 0 radical (unpaired) electrons. The van der Waals surface area contributed by atoms with Gasteiger partial charge >= 0.3 is 5.97 Å². The maximum absolute atomic E-state index is 12.5. The number of methoxy groups -OCH3 is 2. The van der Waals surface area contributed by atoms with Crippen molar-refractivity contribution in [3.63, 3.8) is 0 Å². The van der Waals surface area contributed by atoms with Gasteiger partial charge in [-0.2, -0.15) is 0 Å². The molecule has 1 amide bonds. The Kier molecular flexibility index (Phi) is 7.87. The van der Waals surface area contributed by atoms with Gasteiger partial charge in [0.1, 0.15) is 0 Å². The molecule has 0 unspecified atom stereocenters. The fraction of sp³-hybridized carbons (Fsp3) is 0.364. The molecule has 0 heterocycles. The number of benzene rings is 2. The molecule has 0 fully saturated rings. The van der Waals surface area contributed by atoms with E-state index in [4.69, 9.17) is 14.2 Å². The Labute approximate surface area is 165 Å². The van der Waals surface area contributed by atoms with E-state index in [1.54, 1.807) is 12.1 Å². The van der Waals surface area contributed by atoms with Crippen LogP contribution in [0.4, 0.5) is 0 Å². The fourth-order valence-electron chi connectivity index (χ4n) is 2.85. The molecule has 6 nitrogen and oxygen atoms in total. The Morgan fingerprint density at radius 2 is 1.71 bits per heavy atom. The summed E-state index contributed by atoms with van der Waals surface area (Å²) in [5.74, 6) is 0.468. The summed E-state index contributed by atoms with van der Waals surface area (Å²) in [7, 11) is 2.78. The minimum absolute atomic E-state index is 0.0825. The second-order valence-electron chi connectivity index (χ2n) is 6.81. The smallest absolute Gasteiger partial charge is 0.337 e. The summed E-state index contributed by atoms with van der Waals surface area (Å²) in [6, 6.07) is 14.5. The Morgan fingerprint density at radius 1 is 1.00 bits per heavy atom. The van der Waals surface area contributed by atoms with E-state index in [2.05, 4.69) is 19.2 Å². The van der Waals surface area contributed by atoms with Gasteiger partial charge in [-0.15, -0.1) is 0 Å². The van der Waals surface area contributed by atoms with E-state index in [-0.39, 0.29) is 18.6 Å². The van der Waals surface area contributed by atoms with Gasteiger partial charge in [0.25, 0.3) is 5.91 Å². The second kappa shape index (κ2) is 10.3. The molecule has 1 N–H and O–H groups in total. The molecule has 0 aliphatic carbocycles. The molecular weight excluding hydrogens is 358 g/mol. The number of rotatable bonds is 9. The molecule has 0 aliphatic heterocycles. The van der Waals surface area contributed by atoms with Crippen LogP contribution in [0.3, 0.4) is 0 Å². The van der Waals surface area contributed by atoms with Crippen molar-refractivity contribution < 1.29 is 23.8 Å². The van der Waals surface area contributed by atoms with Gasteiger partial charge in [0.05, 0.1) is 25.8 Å². The number of carbonyl (C=O) groups is 2. The first-order chi connectivity index (χ1) is 13.4. The molecule has 0 aromatic heterocycles. The van der Waals surface area contributed by atoms with E-state index in [1.165, 1.54) is 20.3 Å². The first kappa shape index (κ1) is 21.3. The number of hydrogen-bond donors (Lipinski definition) is 1. The van der Waals surface area contributed by atoms with Gasteiger partial charge < -0.3 is 19.5 Å². The van der Waals surface area contributed by atoms with Crippen LogP contribution in [0.1, 0.15) is 42.2 Å². The number of nitrogens with one attached hydrogen (secondary N) is 1. The van der Waals surface area contributed by atoms with E-state index in [0.29, 0.717) is 23.0 Å². The maximum atomic E-state index is 12.5. The number of carbonyl (C=O) groups excluding carboxylic acids is 2. The summed E-state index contributed by atoms with van der Waals surface area (Å²) in [4.78, 5) is 24.1. The van der Waals surface area contributed by atoms with Crippen molar-refractivity contribution in [2.75, 3.05) is 20.8 Å². The third-order valence-corrected chi connectivity index (χ3v) is 4.19. The quantitative estimate of drug-likeness (QED) is 0.665.